The number of rotatable bonds is 5. The van der Waals surface area contributed by atoms with Gasteiger partial charge in [0.2, 0.25) is 0 Å². The molecule has 6 nitrogen and oxygen atoms in total. The lowest BCUT2D eigenvalue weighted by Crippen LogP contribution is -2.29. The molecule has 0 unspecified atom stereocenters. The Kier molecular flexibility index (Phi) is 5.56. The number of piperidine rings is 1. The summed E-state index contributed by atoms with van der Waals surface area (Å²) in [5.41, 5.74) is 7.95. The Morgan fingerprint density at radius 3 is 2.59 bits per heavy atom. The minimum atomic E-state index is -0.205. The monoisotopic (exact) mass is 508 g/mol. The van der Waals surface area contributed by atoms with E-state index in [0.717, 1.165) is 85.7 Å². The zero-order valence-corrected chi connectivity index (χ0v) is 21.0. The standard InChI is InChI=1S/C29H25FN6S/c30-28-7-6-27(37-28)23-15-32-16-26-21(23)12-25(33-26)29-22-11-19(4-5-24(22)34-35-29)20-10-18(13-31-14-20)17-36-8-2-1-3-9-36/h4-7,10-16,33H,1-3,8-9,17H2,(H,34,35). The SMILES string of the molecule is Fc1ccc(-c2cncc3[nH]c(-c4n[nH]c5ccc(-c6cncc(CN7CCCCC7)c6)cc45)cc23)s1. The highest BCUT2D eigenvalue weighted by atomic mass is 32.1. The molecule has 1 aliphatic rings. The summed E-state index contributed by atoms with van der Waals surface area (Å²) in [6.45, 7) is 3.27. The second-order valence-corrected chi connectivity index (χ2v) is 10.7. The van der Waals surface area contributed by atoms with E-state index in [4.69, 9.17) is 0 Å². The van der Waals surface area contributed by atoms with Gasteiger partial charge in [0, 0.05) is 51.9 Å². The molecule has 0 aliphatic carbocycles. The van der Waals surface area contributed by atoms with Gasteiger partial charge in [0.1, 0.15) is 5.69 Å². The number of aromatic nitrogens is 5. The first-order valence-electron chi connectivity index (χ1n) is 12.6. The van der Waals surface area contributed by atoms with E-state index in [2.05, 4.69) is 60.4 Å². The van der Waals surface area contributed by atoms with Crippen LogP contribution in [0.2, 0.25) is 0 Å². The number of H-pyrrole nitrogens is 2. The Balaban J connectivity index is 1.26. The number of fused-ring (bicyclic) bond motifs is 2. The third kappa shape index (κ3) is 4.22. The molecule has 0 atom stereocenters. The van der Waals surface area contributed by atoms with Crippen molar-refractivity contribution in [2.45, 2.75) is 25.8 Å². The average Bonchev–Trinajstić information content (AvgIpc) is 3.66. The number of thiophene rings is 1. The normalized spacial score (nSPS) is 14.6. The molecule has 6 heterocycles. The highest BCUT2D eigenvalue weighted by molar-refractivity contribution is 7.14. The molecule has 8 heteroatoms. The van der Waals surface area contributed by atoms with Gasteiger partial charge in [0.25, 0.3) is 0 Å². The van der Waals surface area contributed by atoms with Crippen molar-refractivity contribution in [2.75, 3.05) is 13.1 Å². The van der Waals surface area contributed by atoms with Gasteiger partial charge in [0.05, 0.1) is 22.9 Å². The Labute approximate surface area is 217 Å². The van der Waals surface area contributed by atoms with Gasteiger partial charge in [-0.3, -0.25) is 20.0 Å². The topological polar surface area (TPSA) is 73.5 Å². The van der Waals surface area contributed by atoms with Gasteiger partial charge >= 0.3 is 0 Å². The van der Waals surface area contributed by atoms with Crippen molar-refractivity contribution in [3.8, 4) is 33.0 Å². The highest BCUT2D eigenvalue weighted by Crippen LogP contribution is 2.36. The Hall–Kier alpha value is -3.88. The summed E-state index contributed by atoms with van der Waals surface area (Å²) in [6, 6.07) is 14.0. The van der Waals surface area contributed by atoms with Crippen LogP contribution in [0.5, 0.6) is 0 Å². The fourth-order valence-electron chi connectivity index (χ4n) is 5.34. The van der Waals surface area contributed by atoms with E-state index in [1.54, 1.807) is 18.5 Å². The third-order valence-corrected chi connectivity index (χ3v) is 8.09. The van der Waals surface area contributed by atoms with Crippen molar-refractivity contribution in [1.82, 2.24) is 30.0 Å². The zero-order chi connectivity index (χ0) is 24.8. The van der Waals surface area contributed by atoms with E-state index >= 15 is 0 Å². The van der Waals surface area contributed by atoms with Crippen LogP contribution < -0.4 is 0 Å². The predicted octanol–water partition coefficient (Wildman–Crippen LogP) is 7.02. The molecule has 184 valence electrons. The fourth-order valence-corrected chi connectivity index (χ4v) is 6.10. The Morgan fingerprint density at radius 2 is 1.73 bits per heavy atom. The molecule has 37 heavy (non-hydrogen) atoms. The van der Waals surface area contributed by atoms with Gasteiger partial charge in [-0.25, -0.2) is 0 Å². The smallest absolute Gasteiger partial charge is 0.176 e. The second-order valence-electron chi connectivity index (χ2n) is 9.69. The summed E-state index contributed by atoms with van der Waals surface area (Å²) in [5, 5.41) is 9.63. The minimum absolute atomic E-state index is 0.205. The van der Waals surface area contributed by atoms with Crippen LogP contribution in [0, 0.1) is 5.13 Å². The molecule has 7 rings (SSSR count). The second kappa shape index (κ2) is 9.21. The lowest BCUT2D eigenvalue weighted by Gasteiger charge is -2.26. The van der Waals surface area contributed by atoms with Crippen molar-refractivity contribution < 1.29 is 4.39 Å². The zero-order valence-electron chi connectivity index (χ0n) is 20.2. The van der Waals surface area contributed by atoms with Gasteiger partial charge in [-0.2, -0.15) is 9.49 Å². The number of benzene rings is 1. The van der Waals surface area contributed by atoms with Gasteiger partial charge in [-0.15, -0.1) is 11.3 Å². The number of halogens is 1. The molecule has 1 fully saturated rings. The summed E-state index contributed by atoms with van der Waals surface area (Å²) in [4.78, 5) is 15.8. The van der Waals surface area contributed by atoms with Crippen LogP contribution in [-0.2, 0) is 6.54 Å². The average molecular weight is 509 g/mol. The summed E-state index contributed by atoms with van der Waals surface area (Å²) >= 11 is 1.13. The number of likely N-dealkylation sites (tertiary alicyclic amines) is 1. The molecule has 6 aromatic rings. The van der Waals surface area contributed by atoms with Crippen LogP contribution >= 0.6 is 11.3 Å². The molecule has 0 spiro atoms. The van der Waals surface area contributed by atoms with Gasteiger partial charge in [0.15, 0.2) is 5.13 Å². The predicted molar refractivity (Wildman–Crippen MR) is 147 cm³/mol. The van der Waals surface area contributed by atoms with E-state index in [-0.39, 0.29) is 5.13 Å². The summed E-state index contributed by atoms with van der Waals surface area (Å²) in [7, 11) is 0. The van der Waals surface area contributed by atoms with Crippen molar-refractivity contribution in [2.24, 2.45) is 0 Å². The lowest BCUT2D eigenvalue weighted by molar-refractivity contribution is 0.220. The van der Waals surface area contributed by atoms with E-state index in [0.29, 0.717) is 0 Å². The Bertz CT molecular complexity index is 1730. The number of nitrogens with zero attached hydrogens (tertiary/aromatic N) is 4. The van der Waals surface area contributed by atoms with Crippen molar-refractivity contribution in [3.63, 3.8) is 0 Å². The van der Waals surface area contributed by atoms with Crippen molar-refractivity contribution in [1.29, 1.82) is 0 Å². The van der Waals surface area contributed by atoms with Crippen LogP contribution in [0.15, 0.2) is 67.3 Å². The molecule has 2 N–H and O–H groups in total. The van der Waals surface area contributed by atoms with E-state index in [1.165, 1.54) is 30.9 Å². The number of hydrogen-bond donors (Lipinski definition) is 2. The number of aromatic amines is 2. The van der Waals surface area contributed by atoms with Gasteiger partial charge < -0.3 is 4.98 Å². The minimum Gasteiger partial charge on any atom is -0.352 e. The first-order valence-corrected chi connectivity index (χ1v) is 13.4. The number of nitrogens with one attached hydrogen (secondary N) is 2. The lowest BCUT2D eigenvalue weighted by atomic mass is 10.0. The maximum absolute atomic E-state index is 13.7. The molecular formula is C29H25FN6S. The number of hydrogen-bond acceptors (Lipinski definition) is 5. The fraction of sp³-hybridized carbons (Fsp3) is 0.207. The number of pyridine rings is 2. The quantitative estimate of drug-likeness (QED) is 0.262. The van der Waals surface area contributed by atoms with E-state index in [1.807, 2.05) is 12.4 Å². The van der Waals surface area contributed by atoms with Crippen LogP contribution in [0.3, 0.4) is 0 Å². The van der Waals surface area contributed by atoms with Gasteiger partial charge in [-0.05, 0) is 73.5 Å². The molecule has 0 radical (unpaired) electrons. The molecule has 1 saturated heterocycles. The molecule has 0 bridgehead atoms. The Morgan fingerprint density at radius 1 is 0.838 bits per heavy atom. The van der Waals surface area contributed by atoms with E-state index < -0.39 is 0 Å². The van der Waals surface area contributed by atoms with Crippen molar-refractivity contribution in [3.05, 3.63) is 77.9 Å². The van der Waals surface area contributed by atoms with E-state index in [9.17, 15) is 4.39 Å². The van der Waals surface area contributed by atoms with Crippen LogP contribution in [0.1, 0.15) is 24.8 Å². The van der Waals surface area contributed by atoms with Gasteiger partial charge in [-0.1, -0.05) is 12.5 Å². The van der Waals surface area contributed by atoms with Crippen molar-refractivity contribution >= 4 is 33.1 Å². The molecular weight excluding hydrogens is 483 g/mol. The molecule has 0 amide bonds. The van der Waals surface area contributed by atoms with Crippen LogP contribution in [-0.4, -0.2) is 43.1 Å². The third-order valence-electron chi connectivity index (χ3n) is 7.19. The molecule has 1 aromatic carbocycles. The summed E-state index contributed by atoms with van der Waals surface area (Å²) in [5.74, 6) is 0. The highest BCUT2D eigenvalue weighted by Gasteiger charge is 2.16. The van der Waals surface area contributed by atoms with Crippen LogP contribution in [0.25, 0.3) is 54.8 Å². The van der Waals surface area contributed by atoms with Crippen LogP contribution in [0.4, 0.5) is 4.39 Å². The summed E-state index contributed by atoms with van der Waals surface area (Å²) in [6.07, 6.45) is 11.4. The maximum atomic E-state index is 13.7. The molecule has 5 aromatic heterocycles. The molecule has 0 saturated carbocycles. The first kappa shape index (κ1) is 22.3. The molecule has 1 aliphatic heterocycles. The maximum Gasteiger partial charge on any atom is 0.176 e. The largest absolute Gasteiger partial charge is 0.352 e. The first-order chi connectivity index (χ1) is 18.2. The summed E-state index contributed by atoms with van der Waals surface area (Å²) < 4.78 is 13.7.